The lowest BCUT2D eigenvalue weighted by Gasteiger charge is -2.28. The van der Waals surface area contributed by atoms with Crippen molar-refractivity contribution < 1.29 is 14.6 Å². The molecule has 15 heavy (non-hydrogen) atoms. The monoisotopic (exact) mass is 215 g/mol. The Morgan fingerprint density at radius 2 is 2.47 bits per heavy atom. The first-order valence-electron chi connectivity index (χ1n) is 5.34. The molecule has 1 aliphatic rings. The van der Waals surface area contributed by atoms with E-state index < -0.39 is 6.09 Å². The van der Waals surface area contributed by atoms with Crippen LogP contribution in [0.15, 0.2) is 0 Å². The van der Waals surface area contributed by atoms with Crippen molar-refractivity contribution in [1.29, 1.82) is 0 Å². The molecule has 0 saturated carbocycles. The number of β-amino-alcohol motifs (C(OH)–C–C–N with tert-alkyl or cyclic N) is 1. The largest absolute Gasteiger partial charge is 0.450 e. The van der Waals surface area contributed by atoms with Gasteiger partial charge in [-0.15, -0.1) is 0 Å². The maximum absolute atomic E-state index is 10.3. The van der Waals surface area contributed by atoms with Crippen LogP contribution in [0.4, 0.5) is 4.79 Å². The van der Waals surface area contributed by atoms with Gasteiger partial charge in [0.05, 0.1) is 12.7 Å². The molecular weight excluding hydrogens is 196 g/mol. The number of aliphatic hydroxyl groups excluding tert-OH is 1. The molecule has 0 bridgehead atoms. The van der Waals surface area contributed by atoms with Gasteiger partial charge in [-0.3, -0.25) is 0 Å². The quantitative estimate of drug-likeness (QED) is 0.565. The Morgan fingerprint density at radius 1 is 1.67 bits per heavy atom. The van der Waals surface area contributed by atoms with Crippen LogP contribution >= 0.6 is 0 Å². The van der Waals surface area contributed by atoms with E-state index in [9.17, 15) is 9.90 Å². The molecule has 87 valence electrons. The lowest BCUT2D eigenvalue weighted by Crippen LogP contribution is -2.40. The van der Waals surface area contributed by atoms with E-state index in [1.54, 1.807) is 0 Å². The number of nitrogens with two attached hydrogens (primary N) is 1. The fourth-order valence-electron chi connectivity index (χ4n) is 1.73. The van der Waals surface area contributed by atoms with E-state index in [-0.39, 0.29) is 12.0 Å². The van der Waals surface area contributed by atoms with Crippen molar-refractivity contribution in [1.82, 2.24) is 5.32 Å². The third-order valence-corrected chi connectivity index (χ3v) is 2.56. The van der Waals surface area contributed by atoms with Crippen LogP contribution in [0.1, 0.15) is 19.3 Å². The molecule has 1 rings (SSSR count). The Balaban J connectivity index is 2.01. The van der Waals surface area contributed by atoms with Gasteiger partial charge < -0.3 is 20.9 Å². The zero-order valence-electron chi connectivity index (χ0n) is 8.82. The van der Waals surface area contributed by atoms with E-state index >= 15 is 0 Å². The molecule has 0 aromatic heterocycles. The third kappa shape index (κ3) is 4.99. The van der Waals surface area contributed by atoms with Gasteiger partial charge in [-0.25, -0.2) is 4.79 Å². The highest BCUT2D eigenvalue weighted by atomic mass is 16.5. The lowest BCUT2D eigenvalue weighted by atomic mass is 9.90. The van der Waals surface area contributed by atoms with Crippen molar-refractivity contribution in [2.75, 3.05) is 19.7 Å². The van der Waals surface area contributed by atoms with Gasteiger partial charge in [-0.05, 0) is 38.1 Å². The summed E-state index contributed by atoms with van der Waals surface area (Å²) in [6.45, 7) is 1.97. The van der Waals surface area contributed by atoms with Crippen molar-refractivity contribution in [2.24, 2.45) is 11.7 Å². The number of amides is 1. The fraction of sp³-hybridized carbons (Fsp3) is 0.800. The first-order valence-corrected chi connectivity index (χ1v) is 5.34. The summed E-state index contributed by atoms with van der Waals surface area (Å²) < 4.78 is 4.60. The van der Waals surface area contributed by atoms with Crippen LogP contribution in [-0.4, -0.2) is 37.0 Å². The molecule has 0 aliphatic carbocycles. The van der Waals surface area contributed by atoms with Gasteiger partial charge >= 0.3 is 6.09 Å². The number of rotatable bonds is 5. The summed E-state index contributed by atoms with van der Waals surface area (Å²) in [6.07, 6.45) is 3.68. The van der Waals surface area contributed by atoms with E-state index in [1.165, 1.54) is 0 Å². The highest BCUT2D eigenvalue weighted by Gasteiger charge is 2.21. The Kier molecular flexibility index (Phi) is 5.42. The van der Waals surface area contributed by atoms with Crippen molar-refractivity contribution in [3.05, 3.63) is 6.42 Å². The molecule has 1 heterocycles. The highest BCUT2D eigenvalue weighted by Crippen LogP contribution is 2.18. The van der Waals surface area contributed by atoms with E-state index in [0.29, 0.717) is 13.2 Å². The summed E-state index contributed by atoms with van der Waals surface area (Å²) in [7, 11) is 0. The number of primary amides is 1. The van der Waals surface area contributed by atoms with E-state index in [1.807, 2.05) is 0 Å². The molecule has 1 radical (unpaired) electrons. The van der Waals surface area contributed by atoms with Gasteiger partial charge in [0.2, 0.25) is 0 Å². The van der Waals surface area contributed by atoms with E-state index in [2.05, 4.69) is 16.5 Å². The van der Waals surface area contributed by atoms with Gasteiger partial charge in [0.1, 0.15) is 0 Å². The van der Waals surface area contributed by atoms with Crippen molar-refractivity contribution >= 4 is 6.09 Å². The predicted octanol–water partition coefficient (Wildman–Crippen LogP) is 0.0366. The van der Waals surface area contributed by atoms with Gasteiger partial charge in [0.25, 0.3) is 0 Å². The molecule has 2 atom stereocenters. The second kappa shape index (κ2) is 6.63. The van der Waals surface area contributed by atoms with Crippen LogP contribution < -0.4 is 11.1 Å². The first kappa shape index (κ1) is 12.3. The summed E-state index contributed by atoms with van der Waals surface area (Å²) >= 11 is 0. The molecule has 5 nitrogen and oxygen atoms in total. The minimum absolute atomic E-state index is 0.264. The van der Waals surface area contributed by atoms with Crippen molar-refractivity contribution in [3.8, 4) is 0 Å². The Bertz CT molecular complexity index is 199. The molecular formula is C10H19N2O3. The average molecular weight is 215 g/mol. The number of unbranched alkanes of at least 4 members (excludes halogenated alkanes) is 1. The van der Waals surface area contributed by atoms with Crippen LogP contribution in [0.3, 0.4) is 0 Å². The lowest BCUT2D eigenvalue weighted by molar-refractivity contribution is 0.0948. The van der Waals surface area contributed by atoms with Gasteiger partial charge in [0, 0.05) is 6.54 Å². The van der Waals surface area contributed by atoms with Gasteiger partial charge in [-0.2, -0.15) is 0 Å². The molecule has 2 unspecified atom stereocenters. The standard InChI is InChI=1S/C10H19N2O3/c11-10(14)15-6-2-1-3-8-4-5-12-7-9(8)13/h3,8-9,12-13H,1-2,4-7H2,(H2,11,14). The zero-order chi connectivity index (χ0) is 11.1. The number of carbonyl (C=O) groups is 1. The summed E-state index contributed by atoms with van der Waals surface area (Å²) in [5.41, 5.74) is 4.82. The predicted molar refractivity (Wildman–Crippen MR) is 56.1 cm³/mol. The number of hydrogen-bond donors (Lipinski definition) is 3. The molecule has 1 saturated heterocycles. The molecule has 4 N–H and O–H groups in total. The molecule has 1 aliphatic heterocycles. The Labute approximate surface area is 90.0 Å². The summed E-state index contributed by atoms with van der Waals surface area (Å²) in [5, 5.41) is 12.7. The first-order chi connectivity index (χ1) is 7.20. The maximum Gasteiger partial charge on any atom is 0.404 e. The molecule has 0 aromatic carbocycles. The smallest absolute Gasteiger partial charge is 0.404 e. The maximum atomic E-state index is 10.3. The third-order valence-electron chi connectivity index (χ3n) is 2.56. The minimum Gasteiger partial charge on any atom is -0.450 e. The summed E-state index contributed by atoms with van der Waals surface area (Å²) in [4.78, 5) is 10.3. The molecule has 1 amide bonds. The molecule has 0 aromatic rings. The normalized spacial score (nSPS) is 26.2. The summed E-state index contributed by atoms with van der Waals surface area (Å²) in [6, 6.07) is 0. The number of ether oxygens (including phenoxy) is 1. The topological polar surface area (TPSA) is 84.6 Å². The van der Waals surface area contributed by atoms with Gasteiger partial charge in [-0.1, -0.05) is 0 Å². The number of piperidine rings is 1. The van der Waals surface area contributed by atoms with E-state index in [4.69, 9.17) is 5.73 Å². The Morgan fingerprint density at radius 3 is 3.13 bits per heavy atom. The zero-order valence-corrected chi connectivity index (χ0v) is 8.82. The van der Waals surface area contributed by atoms with Crippen molar-refractivity contribution in [2.45, 2.75) is 25.4 Å². The molecule has 0 spiro atoms. The van der Waals surface area contributed by atoms with E-state index in [0.717, 1.165) is 25.8 Å². The number of carbonyl (C=O) groups excluding carboxylic acids is 1. The van der Waals surface area contributed by atoms with Crippen LogP contribution in [0.5, 0.6) is 0 Å². The summed E-state index contributed by atoms with van der Waals surface area (Å²) in [5.74, 6) is 0.264. The number of nitrogens with one attached hydrogen (secondary N) is 1. The van der Waals surface area contributed by atoms with Crippen molar-refractivity contribution in [3.63, 3.8) is 0 Å². The van der Waals surface area contributed by atoms with Crippen LogP contribution in [0.2, 0.25) is 0 Å². The highest BCUT2D eigenvalue weighted by molar-refractivity contribution is 5.64. The SMILES string of the molecule is NC(=O)OCCC[CH]C1CCNCC1O. The number of aliphatic hydroxyl groups is 1. The van der Waals surface area contributed by atoms with Crippen LogP contribution in [0, 0.1) is 12.3 Å². The van der Waals surface area contributed by atoms with Crippen LogP contribution in [-0.2, 0) is 4.74 Å². The minimum atomic E-state index is -0.725. The van der Waals surface area contributed by atoms with Gasteiger partial charge in [0.15, 0.2) is 0 Å². The Hall–Kier alpha value is -0.810. The second-order valence-corrected chi connectivity index (χ2v) is 3.77. The second-order valence-electron chi connectivity index (χ2n) is 3.77. The molecule has 5 heteroatoms. The molecule has 1 fully saturated rings. The van der Waals surface area contributed by atoms with Crippen LogP contribution in [0.25, 0.3) is 0 Å². The fourth-order valence-corrected chi connectivity index (χ4v) is 1.73. The number of hydrogen-bond acceptors (Lipinski definition) is 4. The average Bonchev–Trinajstić information content (AvgIpc) is 2.20.